The van der Waals surface area contributed by atoms with E-state index in [1.54, 1.807) is 0 Å². The maximum Gasteiger partial charge on any atom is 0.312 e. The molecule has 1 aromatic carbocycles. The van der Waals surface area contributed by atoms with Gasteiger partial charge in [0.15, 0.2) is 15.6 Å². The van der Waals surface area contributed by atoms with Crippen LogP contribution in [0.25, 0.3) is 0 Å². The van der Waals surface area contributed by atoms with Gasteiger partial charge >= 0.3 is 5.69 Å². The predicted molar refractivity (Wildman–Crippen MR) is 74.3 cm³/mol. The van der Waals surface area contributed by atoms with Crippen molar-refractivity contribution in [2.45, 2.75) is 11.8 Å². The smallest absolute Gasteiger partial charge is 0.312 e. The monoisotopic (exact) mass is 338 g/mol. The van der Waals surface area contributed by atoms with Gasteiger partial charge in [-0.05, 0) is 12.1 Å². The molecular weight excluding hydrogens is 324 g/mol. The molecule has 0 aliphatic heterocycles. The van der Waals surface area contributed by atoms with E-state index in [-0.39, 0.29) is 18.1 Å². The van der Waals surface area contributed by atoms with E-state index in [9.17, 15) is 32.1 Å². The third kappa shape index (κ3) is 4.65. The first-order valence-electron chi connectivity index (χ1n) is 5.76. The third-order valence-corrected chi connectivity index (χ3v) is 5.76. The molecule has 2 N–H and O–H groups in total. The number of nitrogens with zero attached hydrogens (tertiary/aromatic N) is 1. The minimum absolute atomic E-state index is 0.112. The fourth-order valence-electron chi connectivity index (χ4n) is 1.38. The van der Waals surface area contributed by atoms with Crippen LogP contribution in [0.1, 0.15) is 6.92 Å². The molecule has 0 saturated carbocycles. The average Bonchev–Trinajstić information content (AvgIpc) is 2.38. The first-order valence-corrected chi connectivity index (χ1v) is 9.07. The summed E-state index contributed by atoms with van der Waals surface area (Å²) in [5.74, 6) is -1.14. The van der Waals surface area contributed by atoms with Crippen molar-refractivity contribution in [2.24, 2.45) is 0 Å². The molecule has 0 spiro atoms. The van der Waals surface area contributed by atoms with Gasteiger partial charge in [0.2, 0.25) is 10.0 Å². The van der Waals surface area contributed by atoms with Crippen LogP contribution in [0.5, 0.6) is 5.75 Å². The van der Waals surface area contributed by atoms with Crippen LogP contribution in [-0.2, 0) is 19.9 Å². The first kappa shape index (κ1) is 17.3. The summed E-state index contributed by atoms with van der Waals surface area (Å²) in [6.07, 6.45) is 0. The molecule has 9 nitrogen and oxygen atoms in total. The minimum atomic E-state index is -4.09. The Morgan fingerprint density at radius 3 is 2.43 bits per heavy atom. The highest BCUT2D eigenvalue weighted by molar-refractivity contribution is 7.91. The third-order valence-electron chi connectivity index (χ3n) is 2.60. The summed E-state index contributed by atoms with van der Waals surface area (Å²) in [5, 5.41) is 19.9. The molecule has 1 rings (SSSR count). The second-order valence-corrected chi connectivity index (χ2v) is 8.28. The lowest BCUT2D eigenvalue weighted by Crippen LogP contribution is -2.29. The SMILES string of the molecule is CCS(=O)(=O)CCNS(=O)(=O)c1ccc(O)c([N+](=O)[O-])c1. The normalized spacial score (nSPS) is 12.2. The average molecular weight is 338 g/mol. The highest BCUT2D eigenvalue weighted by atomic mass is 32.2. The molecule has 0 saturated heterocycles. The standard InChI is InChI=1S/C10H14N2O7S2/c1-2-20(16,17)6-5-11-21(18,19)8-3-4-10(13)9(7-8)12(14)15/h3-4,7,11,13H,2,5-6H2,1H3. The van der Waals surface area contributed by atoms with Crippen molar-refractivity contribution >= 4 is 25.5 Å². The van der Waals surface area contributed by atoms with Gasteiger partial charge in [0, 0.05) is 18.4 Å². The van der Waals surface area contributed by atoms with Gasteiger partial charge in [0.25, 0.3) is 0 Å². The quantitative estimate of drug-likeness (QED) is 0.526. The number of hydrogen-bond donors (Lipinski definition) is 2. The molecule has 11 heteroatoms. The number of sulfone groups is 1. The summed E-state index contributed by atoms with van der Waals surface area (Å²) in [6, 6.07) is 2.57. The molecule has 0 atom stereocenters. The summed E-state index contributed by atoms with van der Waals surface area (Å²) < 4.78 is 48.3. The van der Waals surface area contributed by atoms with E-state index >= 15 is 0 Å². The lowest BCUT2D eigenvalue weighted by molar-refractivity contribution is -0.386. The van der Waals surface area contributed by atoms with Gasteiger partial charge < -0.3 is 5.11 Å². The van der Waals surface area contributed by atoms with E-state index in [1.807, 2.05) is 4.72 Å². The summed E-state index contributed by atoms with van der Waals surface area (Å²) >= 11 is 0. The minimum Gasteiger partial charge on any atom is -0.502 e. The Kier molecular flexibility index (Phi) is 5.25. The second kappa shape index (κ2) is 6.37. The van der Waals surface area contributed by atoms with Crippen LogP contribution >= 0.6 is 0 Å². The van der Waals surface area contributed by atoms with Gasteiger partial charge in [-0.3, -0.25) is 10.1 Å². The van der Waals surface area contributed by atoms with Crippen molar-refractivity contribution in [1.29, 1.82) is 0 Å². The van der Waals surface area contributed by atoms with Crippen molar-refractivity contribution in [3.63, 3.8) is 0 Å². The highest BCUT2D eigenvalue weighted by Gasteiger charge is 2.21. The van der Waals surface area contributed by atoms with E-state index in [4.69, 9.17) is 0 Å². The van der Waals surface area contributed by atoms with Crippen LogP contribution in [0.3, 0.4) is 0 Å². The zero-order chi connectivity index (χ0) is 16.3. The van der Waals surface area contributed by atoms with Crippen molar-refractivity contribution in [3.05, 3.63) is 28.3 Å². The summed E-state index contributed by atoms with van der Waals surface area (Å²) in [7, 11) is -7.42. The van der Waals surface area contributed by atoms with Crippen LogP contribution in [-0.4, -0.2) is 44.9 Å². The van der Waals surface area contributed by atoms with E-state index < -0.39 is 41.1 Å². The molecule has 0 aliphatic carbocycles. The second-order valence-electron chi connectivity index (χ2n) is 4.04. The topological polar surface area (TPSA) is 144 Å². The van der Waals surface area contributed by atoms with Crippen LogP contribution in [0.4, 0.5) is 5.69 Å². The predicted octanol–water partition coefficient (Wildman–Crippen LogP) is 0.0134. The van der Waals surface area contributed by atoms with Gasteiger partial charge in [-0.15, -0.1) is 0 Å². The van der Waals surface area contributed by atoms with Crippen LogP contribution in [0.15, 0.2) is 23.1 Å². The lowest BCUT2D eigenvalue weighted by atomic mass is 10.3. The molecule has 0 radical (unpaired) electrons. The van der Waals surface area contributed by atoms with Crippen molar-refractivity contribution in [1.82, 2.24) is 4.72 Å². The maximum absolute atomic E-state index is 11.9. The Labute approximate surface area is 121 Å². The zero-order valence-corrected chi connectivity index (χ0v) is 12.6. The summed E-state index contributed by atoms with van der Waals surface area (Å²) in [4.78, 5) is 9.29. The summed E-state index contributed by atoms with van der Waals surface area (Å²) in [5.41, 5.74) is -0.751. The molecule has 0 unspecified atom stereocenters. The Bertz CT molecular complexity index is 741. The van der Waals surface area contributed by atoms with Crippen molar-refractivity contribution in [3.8, 4) is 5.75 Å². The number of phenolic OH excluding ortho intramolecular Hbond substituents is 1. The van der Waals surface area contributed by atoms with Crippen LogP contribution in [0, 0.1) is 10.1 Å². The van der Waals surface area contributed by atoms with Gasteiger partial charge in [0.1, 0.15) is 0 Å². The number of sulfonamides is 1. The molecule has 0 fully saturated rings. The van der Waals surface area contributed by atoms with Crippen molar-refractivity contribution in [2.75, 3.05) is 18.1 Å². The number of nitro groups is 1. The zero-order valence-electron chi connectivity index (χ0n) is 11.0. The largest absolute Gasteiger partial charge is 0.502 e. The number of hydrogen-bond acceptors (Lipinski definition) is 7. The number of nitro benzene ring substituents is 1. The van der Waals surface area contributed by atoms with Crippen molar-refractivity contribution < 1.29 is 26.9 Å². The van der Waals surface area contributed by atoms with Gasteiger partial charge in [-0.2, -0.15) is 0 Å². The van der Waals surface area contributed by atoms with E-state index in [2.05, 4.69) is 0 Å². The van der Waals surface area contributed by atoms with E-state index in [0.29, 0.717) is 6.07 Å². The Hall–Kier alpha value is -1.72. The number of rotatable bonds is 7. The molecule has 0 aromatic heterocycles. The highest BCUT2D eigenvalue weighted by Crippen LogP contribution is 2.27. The van der Waals surface area contributed by atoms with E-state index in [0.717, 1.165) is 12.1 Å². The molecule has 21 heavy (non-hydrogen) atoms. The number of phenols is 1. The fraction of sp³-hybridized carbons (Fsp3) is 0.400. The lowest BCUT2D eigenvalue weighted by Gasteiger charge is -2.07. The molecule has 1 aromatic rings. The number of aromatic hydroxyl groups is 1. The van der Waals surface area contributed by atoms with Gasteiger partial charge in [0.05, 0.1) is 15.6 Å². The number of benzene rings is 1. The molecule has 0 aliphatic rings. The Morgan fingerprint density at radius 2 is 1.90 bits per heavy atom. The first-order chi connectivity index (χ1) is 9.59. The molecule has 0 heterocycles. The Balaban J connectivity index is 2.94. The maximum atomic E-state index is 11.9. The molecule has 0 amide bonds. The summed E-state index contributed by atoms with van der Waals surface area (Å²) in [6.45, 7) is 1.10. The Morgan fingerprint density at radius 1 is 1.29 bits per heavy atom. The molecular formula is C10H14N2O7S2. The fourth-order valence-corrected chi connectivity index (χ4v) is 3.26. The number of nitrogens with one attached hydrogen (secondary N) is 1. The van der Waals surface area contributed by atoms with Crippen LogP contribution in [0.2, 0.25) is 0 Å². The van der Waals surface area contributed by atoms with Gasteiger partial charge in [-0.1, -0.05) is 6.92 Å². The molecule has 0 bridgehead atoms. The van der Waals surface area contributed by atoms with Crippen LogP contribution < -0.4 is 4.72 Å². The van der Waals surface area contributed by atoms with Gasteiger partial charge in [-0.25, -0.2) is 21.6 Å². The van der Waals surface area contributed by atoms with E-state index in [1.165, 1.54) is 6.92 Å². The molecule has 118 valence electrons.